The lowest BCUT2D eigenvalue weighted by Crippen LogP contribution is -2.44. The zero-order valence-corrected chi connectivity index (χ0v) is 10.4. The van der Waals surface area contributed by atoms with Gasteiger partial charge in [0, 0.05) is 19.6 Å². The molecule has 0 spiro atoms. The van der Waals surface area contributed by atoms with Crippen molar-refractivity contribution in [1.29, 1.82) is 0 Å². The van der Waals surface area contributed by atoms with Crippen molar-refractivity contribution in [3.8, 4) is 0 Å². The average molecular weight is 240 g/mol. The topological polar surface area (TPSA) is 49.9 Å². The van der Waals surface area contributed by atoms with Gasteiger partial charge in [-0.05, 0) is 19.8 Å². The van der Waals surface area contributed by atoms with Crippen LogP contribution in [-0.2, 0) is 9.53 Å². The van der Waals surface area contributed by atoms with Gasteiger partial charge in [0.05, 0.1) is 6.61 Å². The van der Waals surface area contributed by atoms with E-state index in [0.29, 0.717) is 13.2 Å². The zero-order valence-electron chi connectivity index (χ0n) is 10.4. The summed E-state index contributed by atoms with van der Waals surface area (Å²) in [5.41, 5.74) is 0. The number of nitrogens with zero attached hydrogens (tertiary/aromatic N) is 2. The Labute approximate surface area is 102 Å². The standard InChI is InChI=1S/C12H20N2O3/c1-3-7-14(10-11(15)17-4-2)12(16)13-8-5-6-9-13/h3H,1,4-10H2,2H3. The Kier molecular flexibility index (Phi) is 5.52. The molecule has 0 aliphatic carbocycles. The second kappa shape index (κ2) is 6.93. The van der Waals surface area contributed by atoms with Gasteiger partial charge in [0.25, 0.3) is 0 Å². The molecule has 0 aromatic heterocycles. The highest BCUT2D eigenvalue weighted by atomic mass is 16.5. The number of hydrogen-bond acceptors (Lipinski definition) is 3. The first-order chi connectivity index (χ1) is 8.19. The fourth-order valence-electron chi connectivity index (χ4n) is 1.84. The average Bonchev–Trinajstić information content (AvgIpc) is 2.81. The van der Waals surface area contributed by atoms with E-state index in [1.165, 1.54) is 4.90 Å². The molecule has 0 aromatic carbocycles. The Morgan fingerprint density at radius 1 is 1.41 bits per heavy atom. The van der Waals surface area contributed by atoms with Gasteiger partial charge < -0.3 is 14.5 Å². The second-order valence-corrected chi connectivity index (χ2v) is 3.95. The molecule has 0 atom stereocenters. The minimum Gasteiger partial charge on any atom is -0.465 e. The first-order valence-electron chi connectivity index (χ1n) is 5.99. The van der Waals surface area contributed by atoms with Crippen molar-refractivity contribution in [2.24, 2.45) is 0 Å². The number of carbonyl (C=O) groups excluding carboxylic acids is 2. The van der Waals surface area contributed by atoms with Crippen LogP contribution in [0.3, 0.4) is 0 Å². The van der Waals surface area contributed by atoms with Crippen molar-refractivity contribution in [1.82, 2.24) is 9.80 Å². The molecule has 1 saturated heterocycles. The van der Waals surface area contributed by atoms with Crippen LogP contribution in [-0.4, -0.2) is 54.6 Å². The summed E-state index contributed by atoms with van der Waals surface area (Å²) >= 11 is 0. The number of urea groups is 1. The summed E-state index contributed by atoms with van der Waals surface area (Å²) in [7, 11) is 0. The van der Waals surface area contributed by atoms with Crippen molar-refractivity contribution >= 4 is 12.0 Å². The molecule has 0 N–H and O–H groups in total. The molecule has 1 fully saturated rings. The Hall–Kier alpha value is -1.52. The molecule has 0 radical (unpaired) electrons. The summed E-state index contributed by atoms with van der Waals surface area (Å²) in [6, 6.07) is -0.101. The van der Waals surface area contributed by atoms with Gasteiger partial charge in [-0.1, -0.05) is 6.08 Å². The molecule has 5 nitrogen and oxygen atoms in total. The second-order valence-electron chi connectivity index (χ2n) is 3.95. The van der Waals surface area contributed by atoms with Crippen LogP contribution in [0.15, 0.2) is 12.7 Å². The fourth-order valence-corrected chi connectivity index (χ4v) is 1.84. The maximum atomic E-state index is 12.1. The van der Waals surface area contributed by atoms with Crippen molar-refractivity contribution < 1.29 is 14.3 Å². The van der Waals surface area contributed by atoms with Crippen LogP contribution in [0, 0.1) is 0 Å². The molecule has 1 heterocycles. The lowest BCUT2D eigenvalue weighted by atomic mass is 10.4. The molecule has 96 valence electrons. The summed E-state index contributed by atoms with van der Waals surface area (Å²) in [5, 5.41) is 0. The highest BCUT2D eigenvalue weighted by Crippen LogP contribution is 2.10. The van der Waals surface area contributed by atoms with Gasteiger partial charge in [0.1, 0.15) is 6.54 Å². The highest BCUT2D eigenvalue weighted by molar-refractivity contribution is 5.81. The first-order valence-corrected chi connectivity index (χ1v) is 5.99. The molecule has 0 aromatic rings. The van der Waals surface area contributed by atoms with Crippen molar-refractivity contribution in [2.75, 3.05) is 32.8 Å². The normalized spacial score (nSPS) is 14.5. The van der Waals surface area contributed by atoms with Crippen LogP contribution in [0.1, 0.15) is 19.8 Å². The molecule has 0 saturated carbocycles. The molecule has 2 amide bonds. The van der Waals surface area contributed by atoms with Crippen LogP contribution < -0.4 is 0 Å². The van der Waals surface area contributed by atoms with Crippen molar-refractivity contribution in [3.05, 3.63) is 12.7 Å². The van der Waals surface area contributed by atoms with Gasteiger partial charge in [-0.15, -0.1) is 6.58 Å². The minimum atomic E-state index is -0.373. The highest BCUT2D eigenvalue weighted by Gasteiger charge is 2.24. The van der Waals surface area contributed by atoms with Crippen LogP contribution >= 0.6 is 0 Å². The van der Waals surface area contributed by atoms with E-state index in [0.717, 1.165) is 25.9 Å². The van der Waals surface area contributed by atoms with Gasteiger partial charge in [-0.2, -0.15) is 0 Å². The van der Waals surface area contributed by atoms with E-state index in [9.17, 15) is 9.59 Å². The molecule has 5 heteroatoms. The lowest BCUT2D eigenvalue weighted by Gasteiger charge is -2.26. The molecule has 17 heavy (non-hydrogen) atoms. The molecular formula is C12H20N2O3. The van der Waals surface area contributed by atoms with E-state index in [1.54, 1.807) is 17.9 Å². The number of ether oxygens (including phenoxy) is 1. The van der Waals surface area contributed by atoms with Gasteiger partial charge in [-0.3, -0.25) is 4.79 Å². The SMILES string of the molecule is C=CCN(CC(=O)OCC)C(=O)N1CCCC1. The Balaban J connectivity index is 2.54. The van der Waals surface area contributed by atoms with Crippen molar-refractivity contribution in [3.63, 3.8) is 0 Å². The molecule has 0 bridgehead atoms. The van der Waals surface area contributed by atoms with Crippen LogP contribution in [0.5, 0.6) is 0 Å². The number of carbonyl (C=O) groups is 2. The van der Waals surface area contributed by atoms with E-state index in [4.69, 9.17) is 4.74 Å². The van der Waals surface area contributed by atoms with Gasteiger partial charge >= 0.3 is 12.0 Å². The molecule has 0 unspecified atom stereocenters. The third-order valence-electron chi connectivity index (χ3n) is 2.62. The Morgan fingerprint density at radius 3 is 2.59 bits per heavy atom. The summed E-state index contributed by atoms with van der Waals surface area (Å²) in [6.45, 7) is 7.59. The van der Waals surface area contributed by atoms with Gasteiger partial charge in [0.15, 0.2) is 0 Å². The van der Waals surface area contributed by atoms with E-state index < -0.39 is 0 Å². The maximum Gasteiger partial charge on any atom is 0.325 e. The number of hydrogen-bond donors (Lipinski definition) is 0. The fraction of sp³-hybridized carbons (Fsp3) is 0.667. The van der Waals surface area contributed by atoms with Gasteiger partial charge in [-0.25, -0.2) is 4.79 Å². The van der Waals surface area contributed by atoms with E-state index in [-0.39, 0.29) is 18.5 Å². The third kappa shape index (κ3) is 4.09. The predicted molar refractivity (Wildman–Crippen MR) is 64.6 cm³/mol. The minimum absolute atomic E-state index is 0.00477. The maximum absolute atomic E-state index is 12.1. The van der Waals surface area contributed by atoms with Crippen LogP contribution in [0.2, 0.25) is 0 Å². The molecular weight excluding hydrogens is 220 g/mol. The number of amides is 2. The van der Waals surface area contributed by atoms with E-state index in [1.807, 2.05) is 0 Å². The number of likely N-dealkylation sites (tertiary alicyclic amines) is 1. The van der Waals surface area contributed by atoms with E-state index >= 15 is 0 Å². The number of rotatable bonds is 5. The third-order valence-corrected chi connectivity index (χ3v) is 2.62. The monoisotopic (exact) mass is 240 g/mol. The largest absolute Gasteiger partial charge is 0.465 e. The van der Waals surface area contributed by atoms with Gasteiger partial charge in [0.2, 0.25) is 0 Å². The number of esters is 1. The summed E-state index contributed by atoms with van der Waals surface area (Å²) in [5.74, 6) is -0.373. The summed E-state index contributed by atoms with van der Waals surface area (Å²) in [4.78, 5) is 26.7. The predicted octanol–water partition coefficient (Wildman–Crippen LogP) is 1.25. The smallest absolute Gasteiger partial charge is 0.325 e. The summed E-state index contributed by atoms with van der Waals surface area (Å²) < 4.78 is 4.85. The van der Waals surface area contributed by atoms with Crippen molar-refractivity contribution in [2.45, 2.75) is 19.8 Å². The summed E-state index contributed by atoms with van der Waals surface area (Å²) in [6.07, 6.45) is 3.69. The zero-order chi connectivity index (χ0) is 12.7. The Bertz CT molecular complexity index is 285. The molecule has 1 rings (SSSR count). The van der Waals surface area contributed by atoms with Crippen LogP contribution in [0.25, 0.3) is 0 Å². The lowest BCUT2D eigenvalue weighted by molar-refractivity contribution is -0.143. The molecule has 1 aliphatic heterocycles. The van der Waals surface area contributed by atoms with E-state index in [2.05, 4.69) is 6.58 Å². The van der Waals surface area contributed by atoms with Crippen LogP contribution in [0.4, 0.5) is 4.79 Å². The Morgan fingerprint density at radius 2 is 2.06 bits per heavy atom. The molecule has 1 aliphatic rings. The quantitative estimate of drug-likeness (QED) is 0.537. The first kappa shape index (κ1) is 13.5.